The van der Waals surface area contributed by atoms with E-state index < -0.39 is 12.5 Å². The summed E-state index contributed by atoms with van der Waals surface area (Å²) in [6.45, 7) is 3.28. The predicted octanol–water partition coefficient (Wildman–Crippen LogP) is 7.73. The minimum atomic E-state index is -4.64. The number of anilines is 1. The van der Waals surface area contributed by atoms with Crippen LogP contribution in [0, 0.1) is 12.7 Å². The molecule has 9 heteroatoms. The molecule has 4 aromatic rings. The average Bonchev–Trinajstić information content (AvgIpc) is 2.98. The van der Waals surface area contributed by atoms with E-state index in [1.54, 1.807) is 0 Å². The number of hydrogen-bond acceptors (Lipinski definition) is 4. The lowest BCUT2D eigenvalue weighted by Crippen LogP contribution is -2.32. The summed E-state index contributed by atoms with van der Waals surface area (Å²) < 4.78 is 44.2. The zero-order chi connectivity index (χ0) is 30.1. The van der Waals surface area contributed by atoms with Gasteiger partial charge in [-0.2, -0.15) is 13.2 Å². The Morgan fingerprint density at radius 1 is 0.854 bits per heavy atom. The number of hydrogen-bond donors (Lipinski definition) is 1. The van der Waals surface area contributed by atoms with Crippen LogP contribution in [0.15, 0.2) is 114 Å². The first-order chi connectivity index (χ1) is 19.6. The highest BCUT2D eigenvalue weighted by atomic mass is 32.2. The van der Waals surface area contributed by atoms with E-state index in [1.807, 2.05) is 43.1 Å². The molecule has 1 amide bonds. The smallest absolute Gasteiger partial charge is 0.373 e. The number of benzene rings is 4. The van der Waals surface area contributed by atoms with Crippen LogP contribution >= 0.6 is 11.8 Å². The van der Waals surface area contributed by atoms with Crippen molar-refractivity contribution in [2.45, 2.75) is 23.7 Å². The highest BCUT2D eigenvalue weighted by Gasteiger charge is 2.24. The Morgan fingerprint density at radius 2 is 1.39 bits per heavy atom. The highest BCUT2D eigenvalue weighted by molar-refractivity contribution is 7.98. The Labute approximate surface area is 242 Å². The van der Waals surface area contributed by atoms with E-state index >= 15 is 0 Å². The van der Waals surface area contributed by atoms with Gasteiger partial charge < -0.3 is 10.2 Å². The lowest BCUT2D eigenvalue weighted by Gasteiger charge is -2.20. The van der Waals surface area contributed by atoms with Gasteiger partial charge in [-0.25, -0.2) is 4.39 Å². The fraction of sp³-hybridized carbons (Fsp3) is 0.188. The van der Waals surface area contributed by atoms with Crippen molar-refractivity contribution in [2.75, 3.05) is 25.0 Å². The Kier molecular flexibility index (Phi) is 14.2. The molecule has 0 bridgehead atoms. The SMILES string of the molecule is CN(CCNC(=O)c1ccc(F)cc1)c1ccc(SCc2ccccc2)cc1.Cc1ccccc1.O=CC(F)(F)F. The lowest BCUT2D eigenvalue weighted by molar-refractivity contribution is -0.156. The Balaban J connectivity index is 0.000000372. The van der Waals surface area contributed by atoms with Gasteiger partial charge in [0.15, 0.2) is 0 Å². The van der Waals surface area contributed by atoms with Crippen LogP contribution in [0.1, 0.15) is 21.5 Å². The quantitative estimate of drug-likeness (QED) is 0.131. The van der Waals surface area contributed by atoms with Gasteiger partial charge in [-0.15, -0.1) is 11.8 Å². The molecule has 216 valence electrons. The highest BCUT2D eigenvalue weighted by Crippen LogP contribution is 2.25. The normalized spacial score (nSPS) is 10.3. The van der Waals surface area contributed by atoms with Crippen molar-refractivity contribution in [3.63, 3.8) is 0 Å². The van der Waals surface area contributed by atoms with E-state index in [-0.39, 0.29) is 11.7 Å². The second kappa shape index (κ2) is 17.6. The molecule has 0 saturated carbocycles. The Bertz CT molecular complexity index is 1300. The molecule has 0 atom stereocenters. The molecule has 0 aliphatic rings. The molecule has 0 aromatic heterocycles. The third kappa shape index (κ3) is 14.2. The molecule has 1 N–H and O–H groups in total. The van der Waals surface area contributed by atoms with Crippen LogP contribution < -0.4 is 10.2 Å². The molecule has 4 nitrogen and oxygen atoms in total. The lowest BCUT2D eigenvalue weighted by atomic mass is 10.2. The summed E-state index contributed by atoms with van der Waals surface area (Å²) in [7, 11) is 2.00. The van der Waals surface area contributed by atoms with Gasteiger partial charge in [0.1, 0.15) is 5.82 Å². The minimum absolute atomic E-state index is 0.193. The van der Waals surface area contributed by atoms with E-state index in [1.165, 1.54) is 40.3 Å². The van der Waals surface area contributed by atoms with E-state index in [9.17, 15) is 22.4 Å². The summed E-state index contributed by atoms with van der Waals surface area (Å²) in [6, 6.07) is 34.7. The molecular weight excluding hydrogens is 552 g/mol. The summed E-state index contributed by atoms with van der Waals surface area (Å²) in [4.78, 5) is 24.1. The number of alkyl halides is 3. The third-order valence-corrected chi connectivity index (χ3v) is 6.52. The average molecular weight is 585 g/mol. The summed E-state index contributed by atoms with van der Waals surface area (Å²) >= 11 is 1.81. The van der Waals surface area contributed by atoms with Crippen molar-refractivity contribution in [2.24, 2.45) is 0 Å². The zero-order valence-electron chi connectivity index (χ0n) is 22.8. The molecule has 0 heterocycles. The Hall–Kier alpha value is -4.11. The maximum absolute atomic E-state index is 12.9. The van der Waals surface area contributed by atoms with Crippen molar-refractivity contribution >= 4 is 29.6 Å². The van der Waals surface area contributed by atoms with Gasteiger partial charge in [0, 0.05) is 42.0 Å². The first-order valence-electron chi connectivity index (χ1n) is 12.6. The van der Waals surface area contributed by atoms with Crippen molar-refractivity contribution in [3.8, 4) is 0 Å². The predicted molar refractivity (Wildman–Crippen MR) is 158 cm³/mol. The second-order valence-electron chi connectivity index (χ2n) is 8.77. The Morgan fingerprint density at radius 3 is 1.88 bits per heavy atom. The molecule has 0 saturated heterocycles. The summed E-state index contributed by atoms with van der Waals surface area (Å²) in [5.41, 5.74) is 4.19. The molecule has 0 radical (unpaired) electrons. The van der Waals surface area contributed by atoms with Crippen LogP contribution in [0.3, 0.4) is 0 Å². The van der Waals surface area contributed by atoms with E-state index in [4.69, 9.17) is 4.79 Å². The molecule has 0 aliphatic carbocycles. The molecule has 4 rings (SSSR count). The van der Waals surface area contributed by atoms with Crippen LogP contribution in [0.25, 0.3) is 0 Å². The van der Waals surface area contributed by atoms with Crippen LogP contribution in [-0.2, 0) is 10.5 Å². The van der Waals surface area contributed by atoms with Gasteiger partial charge in [0.05, 0.1) is 0 Å². The fourth-order valence-electron chi connectivity index (χ4n) is 3.24. The van der Waals surface area contributed by atoms with Crippen molar-refractivity contribution in [3.05, 3.63) is 132 Å². The molecule has 0 unspecified atom stereocenters. The minimum Gasteiger partial charge on any atom is -0.373 e. The largest absolute Gasteiger partial charge is 0.446 e. The molecule has 0 fully saturated rings. The van der Waals surface area contributed by atoms with E-state index in [0.717, 1.165) is 11.4 Å². The van der Waals surface area contributed by atoms with Gasteiger partial charge in [0.25, 0.3) is 5.91 Å². The number of likely N-dealkylation sites (N-methyl/N-ethyl adjacent to an activating group) is 1. The maximum atomic E-state index is 12.9. The van der Waals surface area contributed by atoms with Gasteiger partial charge in [-0.3, -0.25) is 9.59 Å². The number of aryl methyl sites for hydroxylation is 1. The molecule has 41 heavy (non-hydrogen) atoms. The number of nitrogens with zero attached hydrogens (tertiary/aromatic N) is 1. The van der Waals surface area contributed by atoms with Gasteiger partial charge in [-0.1, -0.05) is 66.2 Å². The van der Waals surface area contributed by atoms with Crippen LogP contribution in [0.4, 0.5) is 23.2 Å². The van der Waals surface area contributed by atoms with Crippen molar-refractivity contribution in [1.29, 1.82) is 0 Å². The molecular formula is C32H32F4N2O2S. The van der Waals surface area contributed by atoms with Gasteiger partial charge in [-0.05, 0) is 61.0 Å². The number of carbonyl (C=O) groups is 2. The third-order valence-electron chi connectivity index (χ3n) is 5.44. The monoisotopic (exact) mass is 584 g/mol. The number of nitrogens with one attached hydrogen (secondary N) is 1. The summed E-state index contributed by atoms with van der Waals surface area (Å²) in [6.07, 6.45) is -5.70. The first kappa shape index (κ1) is 33.1. The standard InChI is InChI=1S/C23H23FN2OS.C7H8.C2HF3O/c1-26(16-15-25-23(27)19-7-9-20(24)10-8-19)21-11-13-22(14-12-21)28-17-18-5-3-2-4-6-18;1-7-5-3-2-4-6-7;3-2(4,5)1-6/h2-14H,15-17H2,1H3,(H,25,27);2-6H,1H3;1H. The molecule has 0 aliphatic heterocycles. The number of amides is 1. The van der Waals surface area contributed by atoms with Crippen molar-refractivity contribution < 1.29 is 27.2 Å². The fourth-order valence-corrected chi connectivity index (χ4v) is 4.10. The first-order valence-corrected chi connectivity index (χ1v) is 13.6. The topological polar surface area (TPSA) is 49.4 Å². The van der Waals surface area contributed by atoms with Gasteiger partial charge >= 0.3 is 6.18 Å². The molecule has 4 aromatic carbocycles. The van der Waals surface area contributed by atoms with Gasteiger partial charge in [0.2, 0.25) is 6.29 Å². The summed E-state index contributed by atoms with van der Waals surface area (Å²) in [5.74, 6) is 0.411. The number of rotatable bonds is 8. The molecule has 0 spiro atoms. The number of halogens is 4. The summed E-state index contributed by atoms with van der Waals surface area (Å²) in [5, 5.41) is 2.86. The van der Waals surface area contributed by atoms with Crippen molar-refractivity contribution in [1.82, 2.24) is 5.32 Å². The van der Waals surface area contributed by atoms with E-state index in [2.05, 4.69) is 77.8 Å². The second-order valence-corrected chi connectivity index (χ2v) is 9.82. The zero-order valence-corrected chi connectivity index (χ0v) is 23.6. The van der Waals surface area contributed by atoms with Crippen LogP contribution in [-0.4, -0.2) is 38.5 Å². The van der Waals surface area contributed by atoms with E-state index in [0.29, 0.717) is 18.7 Å². The number of thioether (sulfide) groups is 1. The number of aldehydes is 1. The van der Waals surface area contributed by atoms with Crippen LogP contribution in [0.2, 0.25) is 0 Å². The maximum Gasteiger partial charge on any atom is 0.446 e. The van der Waals surface area contributed by atoms with Crippen LogP contribution in [0.5, 0.6) is 0 Å². The number of carbonyl (C=O) groups excluding carboxylic acids is 2.